The van der Waals surface area contributed by atoms with Crippen molar-refractivity contribution in [3.8, 4) is 0 Å². The van der Waals surface area contributed by atoms with Gasteiger partial charge < -0.3 is 11.1 Å². The average molecular weight is 479 g/mol. The van der Waals surface area contributed by atoms with Crippen molar-refractivity contribution >= 4 is 50.6 Å². The lowest BCUT2D eigenvalue weighted by molar-refractivity contribution is -0.116. The zero-order chi connectivity index (χ0) is 22.8. The minimum absolute atomic E-state index is 0.0563. The number of benzene rings is 2. The lowest BCUT2D eigenvalue weighted by atomic mass is 10.1. The normalized spacial score (nSPS) is 11.5. The minimum atomic E-state index is -3.94. The van der Waals surface area contributed by atoms with E-state index in [1.807, 2.05) is 39.0 Å². The van der Waals surface area contributed by atoms with E-state index in [9.17, 15) is 13.2 Å². The van der Waals surface area contributed by atoms with Gasteiger partial charge in [-0.3, -0.25) is 4.79 Å². The number of aromatic nitrogens is 2. The zero-order valence-electron chi connectivity index (χ0n) is 17.3. The first-order valence-corrected chi connectivity index (χ1v) is 12.3. The van der Waals surface area contributed by atoms with E-state index in [4.69, 9.17) is 17.3 Å². The topological polar surface area (TPSA) is 107 Å². The SMILES string of the molecule is CCSc1nn(CC(=O)Nc2cc(C)cc(C)c2)c(N)c1S(=O)(=O)c1ccc(Cl)cc1. The maximum Gasteiger partial charge on any atom is 0.246 e. The first kappa shape index (κ1) is 23.2. The Hall–Kier alpha value is -2.49. The van der Waals surface area contributed by atoms with Crippen LogP contribution in [0.15, 0.2) is 57.3 Å². The third-order valence-electron chi connectivity index (χ3n) is 4.39. The van der Waals surface area contributed by atoms with E-state index in [1.54, 1.807) is 0 Å². The van der Waals surface area contributed by atoms with E-state index in [-0.39, 0.29) is 33.1 Å². The highest BCUT2D eigenvalue weighted by Gasteiger charge is 2.30. The van der Waals surface area contributed by atoms with E-state index >= 15 is 0 Å². The maximum atomic E-state index is 13.2. The molecule has 1 amide bonds. The highest BCUT2D eigenvalue weighted by molar-refractivity contribution is 8.00. The van der Waals surface area contributed by atoms with E-state index < -0.39 is 9.84 Å². The van der Waals surface area contributed by atoms with Gasteiger partial charge in [0.2, 0.25) is 15.7 Å². The number of nitrogens with two attached hydrogens (primary N) is 1. The van der Waals surface area contributed by atoms with Crippen LogP contribution in [0.3, 0.4) is 0 Å². The Bertz CT molecular complexity index is 1200. The van der Waals surface area contributed by atoms with Gasteiger partial charge in [-0.25, -0.2) is 13.1 Å². The van der Waals surface area contributed by atoms with Gasteiger partial charge in [-0.2, -0.15) is 5.10 Å². The van der Waals surface area contributed by atoms with Crippen LogP contribution in [0.1, 0.15) is 18.1 Å². The Labute approximate surface area is 190 Å². The predicted molar refractivity (Wildman–Crippen MR) is 124 cm³/mol. The second-order valence-electron chi connectivity index (χ2n) is 6.99. The number of nitrogens with zero attached hydrogens (tertiary/aromatic N) is 2. The molecule has 164 valence electrons. The molecule has 0 unspecified atom stereocenters. The summed E-state index contributed by atoms with van der Waals surface area (Å²) in [4.78, 5) is 12.6. The molecule has 31 heavy (non-hydrogen) atoms. The Morgan fingerprint density at radius 2 is 1.77 bits per heavy atom. The van der Waals surface area contributed by atoms with E-state index in [0.717, 1.165) is 11.1 Å². The van der Waals surface area contributed by atoms with E-state index in [1.165, 1.54) is 40.7 Å². The van der Waals surface area contributed by atoms with Crippen molar-refractivity contribution in [2.45, 2.75) is 42.1 Å². The van der Waals surface area contributed by atoms with Crippen molar-refractivity contribution in [3.05, 3.63) is 58.6 Å². The molecule has 0 saturated carbocycles. The van der Waals surface area contributed by atoms with Crippen LogP contribution in [0.2, 0.25) is 5.02 Å². The number of sulfone groups is 1. The fourth-order valence-electron chi connectivity index (χ4n) is 3.15. The van der Waals surface area contributed by atoms with Crippen LogP contribution in [-0.4, -0.2) is 29.9 Å². The molecule has 3 N–H and O–H groups in total. The molecule has 0 saturated heterocycles. The van der Waals surface area contributed by atoms with Crippen LogP contribution in [0.25, 0.3) is 0 Å². The molecule has 3 rings (SSSR count). The van der Waals surface area contributed by atoms with Crippen molar-refractivity contribution in [1.82, 2.24) is 9.78 Å². The lowest BCUT2D eigenvalue weighted by Crippen LogP contribution is -2.21. The van der Waals surface area contributed by atoms with Gasteiger partial charge in [0.15, 0.2) is 0 Å². The number of anilines is 2. The molecule has 0 spiro atoms. The molecule has 0 fully saturated rings. The van der Waals surface area contributed by atoms with Crippen molar-refractivity contribution in [2.24, 2.45) is 0 Å². The molecular weight excluding hydrogens is 456 g/mol. The van der Waals surface area contributed by atoms with Crippen molar-refractivity contribution < 1.29 is 13.2 Å². The Morgan fingerprint density at radius 1 is 1.16 bits per heavy atom. The lowest BCUT2D eigenvalue weighted by Gasteiger charge is -2.09. The molecule has 0 radical (unpaired) electrons. The van der Waals surface area contributed by atoms with Crippen LogP contribution in [0.5, 0.6) is 0 Å². The second kappa shape index (κ2) is 9.33. The molecular formula is C21H23ClN4O3S2. The predicted octanol–water partition coefficient (Wildman–Crippen LogP) is 4.32. The number of amides is 1. The van der Waals surface area contributed by atoms with Gasteiger partial charge in [-0.15, -0.1) is 11.8 Å². The fraction of sp³-hybridized carbons (Fsp3) is 0.238. The standard InChI is InChI=1S/C21H23ClN4O3S2/c1-4-30-21-19(31(28,29)17-7-5-15(22)6-8-17)20(23)26(25-21)12-18(27)24-16-10-13(2)9-14(3)11-16/h5-11H,4,12,23H2,1-3H3,(H,24,27). The first-order chi connectivity index (χ1) is 14.6. The number of rotatable bonds is 7. The van der Waals surface area contributed by atoms with Crippen LogP contribution < -0.4 is 11.1 Å². The summed E-state index contributed by atoms with van der Waals surface area (Å²) in [7, 11) is -3.94. The van der Waals surface area contributed by atoms with Gasteiger partial charge in [0.05, 0.1) is 4.90 Å². The molecule has 0 bridgehead atoms. The molecule has 0 aliphatic heterocycles. The molecule has 0 aliphatic rings. The Balaban J connectivity index is 1.94. The fourth-order valence-corrected chi connectivity index (χ4v) is 5.83. The van der Waals surface area contributed by atoms with Gasteiger partial charge in [-0.1, -0.05) is 24.6 Å². The minimum Gasteiger partial charge on any atom is -0.383 e. The number of thioether (sulfide) groups is 1. The highest BCUT2D eigenvalue weighted by Crippen LogP contribution is 2.35. The molecule has 0 atom stereocenters. The molecule has 3 aromatic rings. The van der Waals surface area contributed by atoms with Gasteiger partial charge in [0.1, 0.15) is 22.3 Å². The third-order valence-corrected chi connectivity index (χ3v) is 7.45. The summed E-state index contributed by atoms with van der Waals surface area (Å²) in [6.45, 7) is 5.55. The summed E-state index contributed by atoms with van der Waals surface area (Å²) >= 11 is 7.13. The monoisotopic (exact) mass is 478 g/mol. The van der Waals surface area contributed by atoms with E-state index in [0.29, 0.717) is 16.5 Å². The van der Waals surface area contributed by atoms with Crippen molar-refractivity contribution in [1.29, 1.82) is 0 Å². The summed E-state index contributed by atoms with van der Waals surface area (Å²) in [6, 6.07) is 11.5. The van der Waals surface area contributed by atoms with Crippen molar-refractivity contribution in [2.75, 3.05) is 16.8 Å². The van der Waals surface area contributed by atoms with Crippen LogP contribution >= 0.6 is 23.4 Å². The number of nitrogens with one attached hydrogen (secondary N) is 1. The van der Waals surface area contributed by atoms with Crippen LogP contribution in [-0.2, 0) is 21.2 Å². The average Bonchev–Trinajstić information content (AvgIpc) is 2.97. The number of carbonyl (C=O) groups excluding carboxylic acids is 1. The Morgan fingerprint density at radius 3 is 2.35 bits per heavy atom. The summed E-state index contributed by atoms with van der Waals surface area (Å²) in [5.74, 6) is 0.151. The number of aryl methyl sites for hydroxylation is 2. The van der Waals surface area contributed by atoms with Gasteiger partial charge in [0, 0.05) is 10.7 Å². The molecule has 1 aromatic heterocycles. The molecule has 2 aromatic carbocycles. The number of carbonyl (C=O) groups is 1. The third kappa shape index (κ3) is 5.23. The molecule has 7 nitrogen and oxygen atoms in total. The Kier molecular flexibility index (Phi) is 6.98. The number of hydrogen-bond acceptors (Lipinski definition) is 6. The number of halogens is 1. The molecule has 10 heteroatoms. The number of nitrogen functional groups attached to an aromatic ring is 1. The summed E-state index contributed by atoms with van der Waals surface area (Å²) in [6.07, 6.45) is 0. The molecule has 1 heterocycles. The van der Waals surface area contributed by atoms with Crippen molar-refractivity contribution in [3.63, 3.8) is 0 Å². The van der Waals surface area contributed by atoms with Gasteiger partial charge in [0.25, 0.3) is 0 Å². The van der Waals surface area contributed by atoms with Crippen LogP contribution in [0.4, 0.5) is 11.5 Å². The number of hydrogen-bond donors (Lipinski definition) is 2. The van der Waals surface area contributed by atoms with Gasteiger partial charge in [-0.05, 0) is 67.1 Å². The largest absolute Gasteiger partial charge is 0.383 e. The maximum absolute atomic E-state index is 13.2. The highest BCUT2D eigenvalue weighted by atomic mass is 35.5. The first-order valence-electron chi connectivity index (χ1n) is 9.49. The summed E-state index contributed by atoms with van der Waals surface area (Å²) in [5, 5.41) is 7.81. The van der Waals surface area contributed by atoms with Crippen LogP contribution in [0, 0.1) is 13.8 Å². The van der Waals surface area contributed by atoms with E-state index in [2.05, 4.69) is 10.4 Å². The second-order valence-corrected chi connectivity index (χ2v) is 10.6. The van der Waals surface area contributed by atoms with Gasteiger partial charge >= 0.3 is 0 Å². The summed E-state index contributed by atoms with van der Waals surface area (Å²) < 4.78 is 27.7. The molecule has 0 aliphatic carbocycles. The quantitative estimate of drug-likeness (QED) is 0.490. The zero-order valence-corrected chi connectivity index (χ0v) is 19.7. The summed E-state index contributed by atoms with van der Waals surface area (Å²) in [5.41, 5.74) is 8.88. The smallest absolute Gasteiger partial charge is 0.246 e.